The van der Waals surface area contributed by atoms with Gasteiger partial charge in [0.05, 0.1) is 5.71 Å². The lowest BCUT2D eigenvalue weighted by Crippen LogP contribution is -2.42. The highest BCUT2D eigenvalue weighted by atomic mass is 127. The van der Waals surface area contributed by atoms with E-state index in [1.807, 2.05) is 49.4 Å². The first-order valence-electron chi connectivity index (χ1n) is 7.12. The van der Waals surface area contributed by atoms with Crippen LogP contribution >= 0.6 is 22.6 Å². The van der Waals surface area contributed by atoms with E-state index < -0.39 is 6.10 Å². The van der Waals surface area contributed by atoms with Gasteiger partial charge in [0.1, 0.15) is 6.61 Å². The van der Waals surface area contributed by atoms with Crippen LogP contribution in [0.1, 0.15) is 12.5 Å². The van der Waals surface area contributed by atoms with Gasteiger partial charge in [-0.05, 0) is 59.3 Å². The lowest BCUT2D eigenvalue weighted by molar-refractivity contribution is -0.130. The molecule has 1 aliphatic rings. The number of benzene rings is 2. The number of ether oxygens (including phenoxy) is 2. The summed E-state index contributed by atoms with van der Waals surface area (Å²) in [5.74, 6) is 0.886. The zero-order chi connectivity index (χ0) is 16.2. The number of carbonyl (C=O) groups is 1. The molecule has 118 valence electrons. The molecular weight excluding hydrogens is 407 g/mol. The fourth-order valence-corrected chi connectivity index (χ4v) is 2.47. The minimum atomic E-state index is -0.710. The molecule has 5 nitrogen and oxygen atoms in total. The first-order valence-corrected chi connectivity index (χ1v) is 8.20. The molecule has 1 heterocycles. The molecule has 0 fully saturated rings. The standard InChI is InChI=1S/C17H15IN2O3/c1-11(12-6-8-13(18)9-7-12)19-20-17(21)16-10-22-14-4-2-3-5-15(14)23-16/h2-9,16H,10H2,1H3,(H,20,21)/b19-11-/t16-/m1/s1. The number of amides is 1. The van der Waals surface area contributed by atoms with Crippen LogP contribution in [0.2, 0.25) is 0 Å². The number of rotatable bonds is 3. The number of hydrazone groups is 1. The van der Waals surface area contributed by atoms with Crippen molar-refractivity contribution in [2.24, 2.45) is 5.10 Å². The Bertz CT molecular complexity index is 744. The molecule has 3 rings (SSSR count). The van der Waals surface area contributed by atoms with E-state index in [1.165, 1.54) is 0 Å². The minimum Gasteiger partial charge on any atom is -0.485 e. The van der Waals surface area contributed by atoms with E-state index in [2.05, 4.69) is 33.1 Å². The topological polar surface area (TPSA) is 59.9 Å². The van der Waals surface area contributed by atoms with Crippen LogP contribution in [0.3, 0.4) is 0 Å². The summed E-state index contributed by atoms with van der Waals surface area (Å²) < 4.78 is 12.3. The maximum Gasteiger partial charge on any atom is 0.284 e. The van der Waals surface area contributed by atoms with Crippen molar-refractivity contribution in [1.82, 2.24) is 5.43 Å². The second-order valence-electron chi connectivity index (χ2n) is 5.04. The van der Waals surface area contributed by atoms with Gasteiger partial charge in [-0.25, -0.2) is 5.43 Å². The molecule has 23 heavy (non-hydrogen) atoms. The van der Waals surface area contributed by atoms with Crippen molar-refractivity contribution in [2.45, 2.75) is 13.0 Å². The van der Waals surface area contributed by atoms with Crippen LogP contribution in [0.15, 0.2) is 53.6 Å². The third-order valence-electron chi connectivity index (χ3n) is 3.40. The Hall–Kier alpha value is -2.09. The van der Waals surface area contributed by atoms with Gasteiger partial charge in [0, 0.05) is 3.57 Å². The normalized spacial score (nSPS) is 16.8. The first kappa shape index (κ1) is 15.8. The van der Waals surface area contributed by atoms with E-state index in [9.17, 15) is 4.79 Å². The van der Waals surface area contributed by atoms with Gasteiger partial charge in [-0.15, -0.1) is 0 Å². The zero-order valence-electron chi connectivity index (χ0n) is 12.5. The number of carbonyl (C=O) groups excluding carboxylic acids is 1. The van der Waals surface area contributed by atoms with Gasteiger partial charge < -0.3 is 9.47 Å². The lowest BCUT2D eigenvalue weighted by atomic mass is 10.1. The Labute approximate surface area is 147 Å². The summed E-state index contributed by atoms with van der Waals surface area (Å²) in [6.07, 6.45) is -0.710. The van der Waals surface area contributed by atoms with E-state index in [0.29, 0.717) is 11.5 Å². The second-order valence-corrected chi connectivity index (χ2v) is 6.29. The SMILES string of the molecule is C/C(=N/NC(=O)[C@H]1COc2ccccc2O1)c1ccc(I)cc1. The Morgan fingerprint density at radius 2 is 1.87 bits per heavy atom. The van der Waals surface area contributed by atoms with E-state index in [4.69, 9.17) is 9.47 Å². The van der Waals surface area contributed by atoms with Crippen molar-refractivity contribution < 1.29 is 14.3 Å². The molecule has 0 saturated heterocycles. The maximum atomic E-state index is 12.2. The summed E-state index contributed by atoms with van der Waals surface area (Å²) in [7, 11) is 0. The van der Waals surface area contributed by atoms with Gasteiger partial charge in [0.2, 0.25) is 6.10 Å². The molecule has 0 aliphatic carbocycles. The van der Waals surface area contributed by atoms with Crippen LogP contribution in [0, 0.1) is 3.57 Å². The summed E-state index contributed by atoms with van der Waals surface area (Å²) in [6, 6.07) is 15.2. The van der Waals surface area contributed by atoms with Gasteiger partial charge in [-0.2, -0.15) is 5.10 Å². The lowest BCUT2D eigenvalue weighted by Gasteiger charge is -2.24. The van der Waals surface area contributed by atoms with Crippen molar-refractivity contribution in [3.8, 4) is 11.5 Å². The van der Waals surface area contributed by atoms with E-state index >= 15 is 0 Å². The molecule has 0 radical (unpaired) electrons. The largest absolute Gasteiger partial charge is 0.485 e. The smallest absolute Gasteiger partial charge is 0.284 e. The molecule has 1 N–H and O–H groups in total. The molecule has 2 aromatic rings. The number of nitrogens with one attached hydrogen (secondary N) is 1. The van der Waals surface area contributed by atoms with Crippen molar-refractivity contribution in [1.29, 1.82) is 0 Å². The highest BCUT2D eigenvalue weighted by Gasteiger charge is 2.27. The quantitative estimate of drug-likeness (QED) is 0.470. The summed E-state index contributed by atoms with van der Waals surface area (Å²) in [5, 5.41) is 4.13. The zero-order valence-corrected chi connectivity index (χ0v) is 14.6. The van der Waals surface area contributed by atoms with E-state index in [1.54, 1.807) is 6.07 Å². The molecule has 0 spiro atoms. The Kier molecular flexibility index (Phi) is 4.80. The maximum absolute atomic E-state index is 12.2. The van der Waals surface area contributed by atoms with Crippen molar-refractivity contribution >= 4 is 34.2 Å². The summed E-state index contributed by atoms with van der Waals surface area (Å²) in [5.41, 5.74) is 4.22. The second kappa shape index (κ2) is 6.99. The Morgan fingerprint density at radius 3 is 2.61 bits per heavy atom. The Morgan fingerprint density at radius 1 is 1.17 bits per heavy atom. The average Bonchev–Trinajstić information content (AvgIpc) is 2.59. The summed E-state index contributed by atoms with van der Waals surface area (Å²) in [6.45, 7) is 2.01. The monoisotopic (exact) mass is 422 g/mol. The first-order chi connectivity index (χ1) is 11.1. The highest BCUT2D eigenvalue weighted by Crippen LogP contribution is 2.30. The van der Waals surface area contributed by atoms with Gasteiger partial charge >= 0.3 is 0 Å². The van der Waals surface area contributed by atoms with Gasteiger partial charge in [0.15, 0.2) is 11.5 Å². The number of nitrogens with zero attached hydrogens (tertiary/aromatic N) is 1. The molecular formula is C17H15IN2O3. The predicted octanol–water partition coefficient (Wildman–Crippen LogP) is 2.97. The molecule has 1 amide bonds. The Balaban J connectivity index is 1.63. The van der Waals surface area contributed by atoms with Crippen LogP contribution < -0.4 is 14.9 Å². The van der Waals surface area contributed by atoms with Gasteiger partial charge in [-0.3, -0.25) is 4.79 Å². The molecule has 0 unspecified atom stereocenters. The van der Waals surface area contributed by atoms with Crippen LogP contribution in [0.4, 0.5) is 0 Å². The third-order valence-corrected chi connectivity index (χ3v) is 4.12. The average molecular weight is 422 g/mol. The van der Waals surface area contributed by atoms with Gasteiger partial charge in [-0.1, -0.05) is 24.3 Å². The third kappa shape index (κ3) is 3.82. The minimum absolute atomic E-state index is 0.168. The molecule has 1 atom stereocenters. The number of halogens is 1. The van der Waals surface area contributed by atoms with Crippen LogP contribution in [-0.4, -0.2) is 24.3 Å². The number of fused-ring (bicyclic) bond motifs is 1. The predicted molar refractivity (Wildman–Crippen MR) is 95.9 cm³/mol. The van der Waals surface area contributed by atoms with Gasteiger partial charge in [0.25, 0.3) is 5.91 Å². The molecule has 0 saturated carbocycles. The van der Waals surface area contributed by atoms with E-state index in [0.717, 1.165) is 14.8 Å². The van der Waals surface area contributed by atoms with Crippen LogP contribution in [0.5, 0.6) is 11.5 Å². The fourth-order valence-electron chi connectivity index (χ4n) is 2.12. The molecule has 2 aromatic carbocycles. The van der Waals surface area contributed by atoms with Crippen molar-refractivity contribution in [2.75, 3.05) is 6.61 Å². The number of hydrogen-bond acceptors (Lipinski definition) is 4. The summed E-state index contributed by atoms with van der Waals surface area (Å²) >= 11 is 2.24. The number of hydrogen-bond donors (Lipinski definition) is 1. The van der Waals surface area contributed by atoms with Crippen molar-refractivity contribution in [3.63, 3.8) is 0 Å². The van der Waals surface area contributed by atoms with Crippen LogP contribution in [0.25, 0.3) is 0 Å². The van der Waals surface area contributed by atoms with E-state index in [-0.39, 0.29) is 12.5 Å². The fraction of sp³-hybridized carbons (Fsp3) is 0.176. The molecule has 6 heteroatoms. The number of para-hydroxylation sites is 2. The van der Waals surface area contributed by atoms with Crippen molar-refractivity contribution in [3.05, 3.63) is 57.7 Å². The molecule has 1 aliphatic heterocycles. The molecule has 0 aromatic heterocycles. The summed E-state index contributed by atoms with van der Waals surface area (Å²) in [4.78, 5) is 12.2. The highest BCUT2D eigenvalue weighted by molar-refractivity contribution is 14.1. The molecule has 0 bridgehead atoms. The van der Waals surface area contributed by atoms with Crippen LogP contribution in [-0.2, 0) is 4.79 Å².